The SMILES string of the molecule is COC1=CC2=CCCC3CC(C)[N+](=O)CC1=C23. The monoisotopic (exact) mass is 232 g/mol. The Hall–Kier alpha value is -1.38. The molecule has 0 saturated heterocycles. The second-order valence-electron chi connectivity index (χ2n) is 5.20. The number of allylic oxidation sites excluding steroid dienone is 4. The van der Waals surface area contributed by atoms with E-state index in [1.165, 1.54) is 22.3 Å². The standard InChI is InChI=1S/C14H18NO2/c1-9-6-10-4-3-5-11-7-13(17-2)12(14(10)11)8-15(9)16/h5,7,9-10H,3-4,6,8H2,1-2H3/q+1. The van der Waals surface area contributed by atoms with Crippen molar-refractivity contribution >= 4 is 0 Å². The largest absolute Gasteiger partial charge is 0.496 e. The van der Waals surface area contributed by atoms with Gasteiger partial charge in [0, 0.05) is 23.0 Å². The number of rotatable bonds is 1. The number of nitroso groups, excluding NO2 is 1. The highest BCUT2D eigenvalue weighted by atomic mass is 16.5. The summed E-state index contributed by atoms with van der Waals surface area (Å²) in [5.41, 5.74) is 3.82. The summed E-state index contributed by atoms with van der Waals surface area (Å²) in [7, 11) is 1.69. The molecule has 0 amide bonds. The first kappa shape index (κ1) is 10.8. The molecule has 3 nitrogen and oxygen atoms in total. The lowest BCUT2D eigenvalue weighted by Crippen LogP contribution is -2.23. The zero-order valence-corrected chi connectivity index (χ0v) is 10.4. The van der Waals surface area contributed by atoms with Crippen molar-refractivity contribution in [1.82, 2.24) is 0 Å². The van der Waals surface area contributed by atoms with E-state index in [0.29, 0.717) is 12.5 Å². The zero-order chi connectivity index (χ0) is 12.0. The number of hydrogen-bond acceptors (Lipinski definition) is 2. The quantitative estimate of drug-likeness (QED) is 0.650. The average Bonchev–Trinajstić information content (AvgIpc) is 2.61. The first-order chi connectivity index (χ1) is 8.20. The van der Waals surface area contributed by atoms with Crippen molar-refractivity contribution in [3.8, 4) is 0 Å². The van der Waals surface area contributed by atoms with Crippen molar-refractivity contribution in [3.05, 3.63) is 39.5 Å². The van der Waals surface area contributed by atoms with Gasteiger partial charge in [0.1, 0.15) is 5.76 Å². The molecule has 0 bridgehead atoms. The van der Waals surface area contributed by atoms with Gasteiger partial charge in [-0.25, -0.2) is 0 Å². The Morgan fingerprint density at radius 1 is 1.47 bits per heavy atom. The lowest BCUT2D eigenvalue weighted by molar-refractivity contribution is -0.575. The summed E-state index contributed by atoms with van der Waals surface area (Å²) in [6.45, 7) is 2.51. The van der Waals surface area contributed by atoms with Gasteiger partial charge in [0.2, 0.25) is 6.54 Å². The summed E-state index contributed by atoms with van der Waals surface area (Å²) in [4.78, 5) is 12.0. The molecule has 0 aromatic carbocycles. The maximum atomic E-state index is 12.0. The predicted molar refractivity (Wildman–Crippen MR) is 65.5 cm³/mol. The molecule has 2 atom stereocenters. The molecule has 90 valence electrons. The minimum Gasteiger partial charge on any atom is -0.496 e. The Morgan fingerprint density at radius 2 is 2.29 bits per heavy atom. The van der Waals surface area contributed by atoms with Gasteiger partial charge in [-0.15, -0.1) is 0 Å². The number of methoxy groups -OCH3 is 1. The molecular weight excluding hydrogens is 214 g/mol. The first-order valence-corrected chi connectivity index (χ1v) is 6.34. The highest BCUT2D eigenvalue weighted by Crippen LogP contribution is 2.44. The fraction of sp³-hybridized carbons (Fsp3) is 0.571. The van der Waals surface area contributed by atoms with Crippen molar-refractivity contribution in [1.29, 1.82) is 0 Å². The van der Waals surface area contributed by atoms with Gasteiger partial charge in [0.15, 0.2) is 6.04 Å². The first-order valence-electron chi connectivity index (χ1n) is 6.34. The third-order valence-electron chi connectivity index (χ3n) is 4.16. The highest BCUT2D eigenvalue weighted by molar-refractivity contribution is 5.59. The van der Waals surface area contributed by atoms with Crippen LogP contribution in [-0.2, 0) is 4.74 Å². The molecule has 0 saturated carbocycles. The van der Waals surface area contributed by atoms with Crippen molar-refractivity contribution in [3.63, 3.8) is 0 Å². The Bertz CT molecular complexity index is 471. The van der Waals surface area contributed by atoms with E-state index < -0.39 is 0 Å². The van der Waals surface area contributed by atoms with Crippen molar-refractivity contribution in [2.45, 2.75) is 32.2 Å². The van der Waals surface area contributed by atoms with Crippen LogP contribution in [0.5, 0.6) is 0 Å². The Morgan fingerprint density at radius 3 is 3.06 bits per heavy atom. The van der Waals surface area contributed by atoms with Crippen molar-refractivity contribution in [2.24, 2.45) is 5.92 Å². The Balaban J connectivity index is 2.09. The van der Waals surface area contributed by atoms with Crippen LogP contribution in [0.15, 0.2) is 34.6 Å². The van der Waals surface area contributed by atoms with Crippen molar-refractivity contribution in [2.75, 3.05) is 13.7 Å². The molecule has 2 aliphatic carbocycles. The number of nitrogens with zero attached hydrogens (tertiary/aromatic N) is 1. The molecule has 1 aliphatic heterocycles. The van der Waals surface area contributed by atoms with Gasteiger partial charge >= 0.3 is 0 Å². The molecule has 3 heteroatoms. The maximum absolute atomic E-state index is 12.0. The third-order valence-corrected chi connectivity index (χ3v) is 4.16. The molecular formula is C14H18NO2+. The molecule has 1 heterocycles. The average molecular weight is 232 g/mol. The lowest BCUT2D eigenvalue weighted by atomic mass is 9.81. The van der Waals surface area contributed by atoms with Gasteiger partial charge in [-0.1, -0.05) is 6.08 Å². The highest BCUT2D eigenvalue weighted by Gasteiger charge is 2.40. The normalized spacial score (nSPS) is 31.8. The van der Waals surface area contributed by atoms with E-state index in [0.717, 1.165) is 24.2 Å². The molecule has 0 radical (unpaired) electrons. The fourth-order valence-corrected chi connectivity index (χ4v) is 3.27. The molecule has 2 unspecified atom stereocenters. The van der Waals surface area contributed by atoms with Crippen LogP contribution in [0.25, 0.3) is 0 Å². The molecule has 0 spiro atoms. The van der Waals surface area contributed by atoms with Crippen LogP contribution < -0.4 is 0 Å². The minimum atomic E-state index is 0.114. The smallest absolute Gasteiger partial charge is 0.221 e. The molecule has 3 aliphatic rings. The number of hydrogen-bond donors (Lipinski definition) is 0. The third kappa shape index (κ3) is 1.56. The molecule has 0 aromatic heterocycles. The van der Waals surface area contributed by atoms with Crippen LogP contribution in [0.2, 0.25) is 0 Å². The van der Waals surface area contributed by atoms with E-state index in [-0.39, 0.29) is 6.04 Å². The van der Waals surface area contributed by atoms with Crippen LogP contribution in [-0.4, -0.2) is 24.5 Å². The van der Waals surface area contributed by atoms with Crippen molar-refractivity contribution < 1.29 is 9.50 Å². The molecule has 17 heavy (non-hydrogen) atoms. The van der Waals surface area contributed by atoms with Gasteiger partial charge in [-0.2, -0.15) is 0 Å². The molecule has 0 aromatic rings. The summed E-state index contributed by atoms with van der Waals surface area (Å²) < 4.78 is 6.63. The molecule has 0 N–H and O–H groups in total. The van der Waals surface area contributed by atoms with Gasteiger partial charge in [-0.05, 0) is 36.0 Å². The van der Waals surface area contributed by atoms with E-state index in [4.69, 9.17) is 4.74 Å². The van der Waals surface area contributed by atoms with E-state index >= 15 is 0 Å². The second kappa shape index (κ2) is 3.83. The summed E-state index contributed by atoms with van der Waals surface area (Å²) in [6, 6.07) is 0.114. The van der Waals surface area contributed by atoms with E-state index in [9.17, 15) is 4.91 Å². The summed E-state index contributed by atoms with van der Waals surface area (Å²) in [5.74, 6) is 1.44. The van der Waals surface area contributed by atoms with Crippen LogP contribution in [0.4, 0.5) is 0 Å². The van der Waals surface area contributed by atoms with Crippen LogP contribution in [0.1, 0.15) is 26.2 Å². The summed E-state index contributed by atoms with van der Waals surface area (Å²) in [5, 5.41) is 0. The molecule has 3 rings (SSSR count). The minimum absolute atomic E-state index is 0.114. The molecule has 0 fully saturated rings. The number of ether oxygens (including phenoxy) is 1. The fourth-order valence-electron chi connectivity index (χ4n) is 3.27. The lowest BCUT2D eigenvalue weighted by Gasteiger charge is -2.22. The summed E-state index contributed by atoms with van der Waals surface area (Å²) in [6.07, 6.45) is 7.65. The van der Waals surface area contributed by atoms with Gasteiger partial charge in [-0.3, -0.25) is 0 Å². The summed E-state index contributed by atoms with van der Waals surface area (Å²) >= 11 is 0. The van der Waals surface area contributed by atoms with Crippen LogP contribution >= 0.6 is 0 Å². The van der Waals surface area contributed by atoms with Crippen LogP contribution in [0.3, 0.4) is 0 Å². The Labute approximate surface area is 101 Å². The Kier molecular flexibility index (Phi) is 2.42. The topological polar surface area (TPSA) is 29.3 Å². The van der Waals surface area contributed by atoms with E-state index in [2.05, 4.69) is 12.2 Å². The van der Waals surface area contributed by atoms with Gasteiger partial charge < -0.3 is 4.74 Å². The van der Waals surface area contributed by atoms with E-state index in [1.54, 1.807) is 7.11 Å². The maximum Gasteiger partial charge on any atom is 0.221 e. The van der Waals surface area contributed by atoms with Crippen LogP contribution in [0, 0.1) is 10.8 Å². The predicted octanol–water partition coefficient (Wildman–Crippen LogP) is 2.73. The second-order valence-corrected chi connectivity index (χ2v) is 5.20. The van der Waals surface area contributed by atoms with E-state index in [1.807, 2.05) is 6.92 Å². The van der Waals surface area contributed by atoms with Gasteiger partial charge in [0.05, 0.1) is 12.7 Å². The zero-order valence-electron chi connectivity index (χ0n) is 10.4. The van der Waals surface area contributed by atoms with Gasteiger partial charge in [0.25, 0.3) is 0 Å².